The second-order valence-corrected chi connectivity index (χ2v) is 11.8. The van der Waals surface area contributed by atoms with Gasteiger partial charge in [-0.3, -0.25) is 4.90 Å². The summed E-state index contributed by atoms with van der Waals surface area (Å²) < 4.78 is 32.9. The molecular weight excluding hydrogens is 408 g/mol. The fourth-order valence-electron chi connectivity index (χ4n) is 4.22. The summed E-state index contributed by atoms with van der Waals surface area (Å²) >= 11 is 1.25. The van der Waals surface area contributed by atoms with Gasteiger partial charge in [0.2, 0.25) is 0 Å². The van der Waals surface area contributed by atoms with Crippen LogP contribution in [0.5, 0.6) is 0 Å². The number of nitrogens with zero attached hydrogens (tertiary/aromatic N) is 2. The first kappa shape index (κ1) is 22.5. The summed E-state index contributed by atoms with van der Waals surface area (Å²) in [7, 11) is -0.842. The maximum absolute atomic E-state index is 13.2. The lowest BCUT2D eigenvalue weighted by atomic mass is 9.93. The Morgan fingerprint density at radius 1 is 1.38 bits per heavy atom. The smallest absolute Gasteiger partial charge is 0.340 e. The molecule has 2 aliphatic rings. The van der Waals surface area contributed by atoms with Crippen LogP contribution in [0.25, 0.3) is 0 Å². The van der Waals surface area contributed by atoms with Crippen LogP contribution < -0.4 is 0 Å². The fourth-order valence-corrected chi connectivity index (χ4v) is 7.67. The van der Waals surface area contributed by atoms with Crippen LogP contribution in [0.3, 0.4) is 0 Å². The van der Waals surface area contributed by atoms with Crippen LogP contribution in [0.15, 0.2) is 16.4 Å². The molecule has 0 aromatic carbocycles. The van der Waals surface area contributed by atoms with E-state index in [4.69, 9.17) is 4.74 Å². The van der Waals surface area contributed by atoms with Crippen molar-refractivity contribution in [2.75, 3.05) is 33.8 Å². The van der Waals surface area contributed by atoms with Gasteiger partial charge >= 0.3 is 5.97 Å². The van der Waals surface area contributed by atoms with E-state index >= 15 is 0 Å². The van der Waals surface area contributed by atoms with Gasteiger partial charge < -0.3 is 4.74 Å². The quantitative estimate of drug-likeness (QED) is 0.479. The zero-order valence-corrected chi connectivity index (χ0v) is 19.4. The van der Waals surface area contributed by atoms with Crippen molar-refractivity contribution in [2.45, 2.75) is 50.3 Å². The average molecular weight is 441 g/mol. The predicted molar refractivity (Wildman–Crippen MR) is 116 cm³/mol. The Balaban J connectivity index is 1.89. The highest BCUT2D eigenvalue weighted by molar-refractivity contribution is 7.91. The van der Waals surface area contributed by atoms with Gasteiger partial charge in [-0.2, -0.15) is 4.31 Å². The molecule has 8 heteroatoms. The molecule has 1 aliphatic carbocycles. The molecule has 162 valence electrons. The second kappa shape index (κ2) is 9.29. The number of allylic oxidation sites excluding steroid dienone is 2. The van der Waals surface area contributed by atoms with Crippen LogP contribution in [-0.2, 0) is 27.7 Å². The van der Waals surface area contributed by atoms with E-state index in [1.165, 1.54) is 29.2 Å². The van der Waals surface area contributed by atoms with Crippen LogP contribution in [-0.4, -0.2) is 57.4 Å². The third kappa shape index (κ3) is 4.93. The molecule has 0 saturated heterocycles. The summed E-state index contributed by atoms with van der Waals surface area (Å²) in [6.07, 6.45) is 8.65. The lowest BCUT2D eigenvalue weighted by molar-refractivity contribution is 0.0595. The monoisotopic (exact) mass is 440 g/mol. The molecule has 0 amide bonds. The van der Waals surface area contributed by atoms with Gasteiger partial charge in [0, 0.05) is 38.1 Å². The van der Waals surface area contributed by atoms with Crippen molar-refractivity contribution in [1.29, 1.82) is 0 Å². The molecular formula is C21H32N2O4S2. The Hall–Kier alpha value is -1.22. The first-order valence-electron chi connectivity index (χ1n) is 10.3. The van der Waals surface area contributed by atoms with Crippen LogP contribution in [0, 0.1) is 11.8 Å². The molecule has 1 aromatic rings. The Morgan fingerprint density at radius 3 is 2.76 bits per heavy atom. The molecule has 6 nitrogen and oxygen atoms in total. The van der Waals surface area contributed by atoms with Gasteiger partial charge in [0.15, 0.2) is 0 Å². The molecule has 1 aromatic heterocycles. The van der Waals surface area contributed by atoms with Gasteiger partial charge in [0.1, 0.15) is 4.21 Å². The minimum absolute atomic E-state index is 0.139. The number of methoxy groups -OCH3 is 1. The highest BCUT2D eigenvalue weighted by Gasteiger charge is 2.36. The minimum Gasteiger partial charge on any atom is -0.465 e. The summed E-state index contributed by atoms with van der Waals surface area (Å²) in [4.78, 5) is 15.9. The van der Waals surface area contributed by atoms with E-state index in [9.17, 15) is 13.2 Å². The average Bonchev–Trinajstić information content (AvgIpc) is 3.07. The van der Waals surface area contributed by atoms with E-state index < -0.39 is 16.0 Å². The molecule has 1 aliphatic heterocycles. The molecule has 1 unspecified atom stereocenters. The minimum atomic E-state index is -3.74. The van der Waals surface area contributed by atoms with Crippen molar-refractivity contribution in [3.8, 4) is 0 Å². The van der Waals surface area contributed by atoms with E-state index in [2.05, 4.69) is 17.1 Å². The third-order valence-corrected chi connectivity index (χ3v) is 9.19. The van der Waals surface area contributed by atoms with Gasteiger partial charge in [-0.25, -0.2) is 13.2 Å². The highest BCUT2D eigenvalue weighted by Crippen LogP contribution is 2.38. The van der Waals surface area contributed by atoms with E-state index in [1.54, 1.807) is 7.05 Å². The normalized spacial score (nSPS) is 20.3. The molecule has 0 bridgehead atoms. The number of esters is 1. The summed E-state index contributed by atoms with van der Waals surface area (Å²) in [5.41, 5.74) is 1.11. The number of rotatable bonds is 7. The lowest BCUT2D eigenvalue weighted by Crippen LogP contribution is -2.34. The number of sulfonamides is 1. The SMILES string of the molecule is COC(=O)c1c(S(=O)(=O)N(C)CC(C)C)sc2c1CCN(CC1CC=CCC1)C2. The lowest BCUT2D eigenvalue weighted by Gasteiger charge is -2.31. The van der Waals surface area contributed by atoms with Crippen LogP contribution in [0.2, 0.25) is 0 Å². The number of fused-ring (bicyclic) bond motifs is 1. The zero-order valence-electron chi connectivity index (χ0n) is 17.8. The Labute approximate surface area is 178 Å². The van der Waals surface area contributed by atoms with Crippen molar-refractivity contribution < 1.29 is 17.9 Å². The van der Waals surface area contributed by atoms with E-state index in [0.717, 1.165) is 36.4 Å². The van der Waals surface area contributed by atoms with Gasteiger partial charge in [-0.05, 0) is 43.1 Å². The number of ether oxygens (including phenoxy) is 1. The first-order chi connectivity index (χ1) is 13.7. The van der Waals surface area contributed by atoms with Gasteiger partial charge in [0.05, 0.1) is 12.7 Å². The molecule has 0 saturated carbocycles. The van der Waals surface area contributed by atoms with Crippen molar-refractivity contribution >= 4 is 27.3 Å². The van der Waals surface area contributed by atoms with Crippen LogP contribution >= 0.6 is 11.3 Å². The van der Waals surface area contributed by atoms with Crippen LogP contribution in [0.4, 0.5) is 0 Å². The molecule has 29 heavy (non-hydrogen) atoms. The summed E-state index contributed by atoms with van der Waals surface area (Å²) in [5, 5.41) is 0. The maximum Gasteiger partial charge on any atom is 0.340 e. The highest BCUT2D eigenvalue weighted by atomic mass is 32.2. The van der Waals surface area contributed by atoms with E-state index in [1.807, 2.05) is 13.8 Å². The van der Waals surface area contributed by atoms with E-state index in [0.29, 0.717) is 25.4 Å². The van der Waals surface area contributed by atoms with E-state index in [-0.39, 0.29) is 15.7 Å². The second-order valence-electron chi connectivity index (χ2n) is 8.47. The Bertz CT molecular complexity index is 873. The summed E-state index contributed by atoms with van der Waals surface area (Å²) in [6, 6.07) is 0. The summed E-state index contributed by atoms with van der Waals surface area (Å²) in [6.45, 7) is 6.93. The molecule has 0 radical (unpaired) electrons. The van der Waals surface area contributed by atoms with Crippen molar-refractivity contribution in [3.05, 3.63) is 28.2 Å². The molecule has 0 fully saturated rings. The third-order valence-electron chi connectivity index (χ3n) is 5.65. The van der Waals surface area contributed by atoms with Crippen LogP contribution in [0.1, 0.15) is 53.9 Å². The Morgan fingerprint density at radius 2 is 2.14 bits per heavy atom. The number of carbonyl (C=O) groups excluding carboxylic acids is 1. The molecule has 2 heterocycles. The molecule has 3 rings (SSSR count). The first-order valence-corrected chi connectivity index (χ1v) is 12.6. The van der Waals surface area contributed by atoms with Gasteiger partial charge in [-0.15, -0.1) is 11.3 Å². The predicted octanol–water partition coefficient (Wildman–Crippen LogP) is 3.53. The number of hydrogen-bond acceptors (Lipinski definition) is 6. The number of carbonyl (C=O) groups is 1. The maximum atomic E-state index is 13.2. The van der Waals surface area contributed by atoms with Crippen molar-refractivity contribution in [3.63, 3.8) is 0 Å². The van der Waals surface area contributed by atoms with Crippen molar-refractivity contribution in [2.24, 2.45) is 11.8 Å². The zero-order chi connectivity index (χ0) is 21.2. The number of hydrogen-bond donors (Lipinski definition) is 0. The molecule has 0 spiro atoms. The number of thiophene rings is 1. The van der Waals surface area contributed by atoms with Crippen molar-refractivity contribution in [1.82, 2.24) is 9.21 Å². The molecule has 1 atom stereocenters. The molecule has 0 N–H and O–H groups in total. The van der Waals surface area contributed by atoms with Gasteiger partial charge in [0.25, 0.3) is 10.0 Å². The van der Waals surface area contributed by atoms with Gasteiger partial charge in [-0.1, -0.05) is 26.0 Å². The Kier molecular flexibility index (Phi) is 7.19. The largest absolute Gasteiger partial charge is 0.465 e. The summed E-state index contributed by atoms with van der Waals surface area (Å²) in [5.74, 6) is 0.304. The standard InChI is InChI=1S/C21H32N2O4S2/c1-15(2)12-22(3)29(25,26)21-19(20(24)27-4)17-10-11-23(14-18(17)28-21)13-16-8-6-5-7-9-16/h5-6,15-16H,7-14H2,1-4H3. The fraction of sp³-hybridized carbons (Fsp3) is 0.667. The topological polar surface area (TPSA) is 66.9 Å².